The molecule has 130 valence electrons. The SMILES string of the molecule is CN=C(NCCc1cccs1)NCC(Cc1ccccc1)N(C)C. The highest BCUT2D eigenvalue weighted by Gasteiger charge is 2.12. The Kier molecular flexibility index (Phi) is 7.79. The van der Waals surface area contributed by atoms with Crippen LogP contribution in [0.4, 0.5) is 0 Å². The van der Waals surface area contributed by atoms with Crippen LogP contribution in [0.3, 0.4) is 0 Å². The summed E-state index contributed by atoms with van der Waals surface area (Å²) < 4.78 is 0. The van der Waals surface area contributed by atoms with Gasteiger partial charge < -0.3 is 15.5 Å². The monoisotopic (exact) mass is 344 g/mol. The van der Waals surface area contributed by atoms with Gasteiger partial charge in [-0.15, -0.1) is 11.3 Å². The molecular formula is C19H28N4S. The number of guanidine groups is 1. The van der Waals surface area contributed by atoms with Crippen molar-refractivity contribution in [3.05, 3.63) is 58.3 Å². The molecule has 1 heterocycles. The molecule has 1 unspecified atom stereocenters. The molecule has 1 atom stereocenters. The number of nitrogens with one attached hydrogen (secondary N) is 2. The van der Waals surface area contributed by atoms with E-state index in [1.807, 2.05) is 7.05 Å². The average molecular weight is 345 g/mol. The normalized spacial score (nSPS) is 13.1. The quantitative estimate of drug-likeness (QED) is 0.571. The Morgan fingerprint density at radius 1 is 1.12 bits per heavy atom. The van der Waals surface area contributed by atoms with Crippen molar-refractivity contribution in [2.75, 3.05) is 34.2 Å². The summed E-state index contributed by atoms with van der Waals surface area (Å²) in [6, 6.07) is 15.3. The van der Waals surface area contributed by atoms with Crippen LogP contribution < -0.4 is 10.6 Å². The fourth-order valence-corrected chi connectivity index (χ4v) is 3.23. The zero-order valence-electron chi connectivity index (χ0n) is 14.8. The smallest absolute Gasteiger partial charge is 0.191 e. The molecule has 0 fully saturated rings. The average Bonchev–Trinajstić information content (AvgIpc) is 3.10. The molecule has 1 aromatic heterocycles. The largest absolute Gasteiger partial charge is 0.356 e. The lowest BCUT2D eigenvalue weighted by Crippen LogP contribution is -2.46. The zero-order chi connectivity index (χ0) is 17.2. The van der Waals surface area contributed by atoms with E-state index < -0.39 is 0 Å². The van der Waals surface area contributed by atoms with E-state index in [1.165, 1.54) is 10.4 Å². The Morgan fingerprint density at radius 2 is 1.92 bits per heavy atom. The minimum atomic E-state index is 0.420. The molecule has 0 aliphatic heterocycles. The van der Waals surface area contributed by atoms with Gasteiger partial charge in [-0.05, 0) is 43.9 Å². The van der Waals surface area contributed by atoms with Crippen LogP contribution in [-0.4, -0.2) is 51.1 Å². The lowest BCUT2D eigenvalue weighted by atomic mass is 10.1. The summed E-state index contributed by atoms with van der Waals surface area (Å²) in [5.41, 5.74) is 1.36. The third-order valence-electron chi connectivity index (χ3n) is 4.02. The van der Waals surface area contributed by atoms with Crippen LogP contribution >= 0.6 is 11.3 Å². The second-order valence-corrected chi connectivity index (χ2v) is 7.05. The second-order valence-electron chi connectivity index (χ2n) is 6.02. The van der Waals surface area contributed by atoms with Crippen molar-refractivity contribution in [2.45, 2.75) is 18.9 Å². The van der Waals surface area contributed by atoms with Crippen molar-refractivity contribution >= 4 is 17.3 Å². The fraction of sp³-hybridized carbons (Fsp3) is 0.421. The van der Waals surface area contributed by atoms with Gasteiger partial charge in [-0.1, -0.05) is 36.4 Å². The third-order valence-corrected chi connectivity index (χ3v) is 4.95. The molecule has 4 nitrogen and oxygen atoms in total. The molecule has 0 bridgehead atoms. The van der Waals surface area contributed by atoms with E-state index in [0.717, 1.165) is 31.9 Å². The first-order chi connectivity index (χ1) is 11.7. The summed E-state index contributed by atoms with van der Waals surface area (Å²) in [7, 11) is 6.08. The third kappa shape index (κ3) is 6.34. The number of likely N-dealkylation sites (N-methyl/N-ethyl adjacent to an activating group) is 1. The van der Waals surface area contributed by atoms with E-state index in [-0.39, 0.29) is 0 Å². The summed E-state index contributed by atoms with van der Waals surface area (Å²) in [4.78, 5) is 7.98. The Hall–Kier alpha value is -1.85. The van der Waals surface area contributed by atoms with E-state index in [0.29, 0.717) is 6.04 Å². The molecule has 1 aromatic carbocycles. The summed E-state index contributed by atoms with van der Waals surface area (Å²) in [6.07, 6.45) is 2.05. The molecule has 0 saturated heterocycles. The van der Waals surface area contributed by atoms with Gasteiger partial charge in [-0.2, -0.15) is 0 Å². The predicted molar refractivity (Wildman–Crippen MR) is 105 cm³/mol. The number of rotatable bonds is 8. The maximum absolute atomic E-state index is 4.32. The van der Waals surface area contributed by atoms with E-state index in [2.05, 4.69) is 82.5 Å². The minimum absolute atomic E-state index is 0.420. The van der Waals surface area contributed by atoms with E-state index in [9.17, 15) is 0 Å². The van der Waals surface area contributed by atoms with Crippen molar-refractivity contribution < 1.29 is 0 Å². The Labute approximate surface area is 149 Å². The molecule has 0 radical (unpaired) electrons. The van der Waals surface area contributed by atoms with Crippen LogP contribution in [-0.2, 0) is 12.8 Å². The summed E-state index contributed by atoms with van der Waals surface area (Å²) >= 11 is 1.80. The number of nitrogens with zero attached hydrogens (tertiary/aromatic N) is 2. The van der Waals surface area contributed by atoms with Gasteiger partial charge in [-0.25, -0.2) is 0 Å². The highest BCUT2D eigenvalue weighted by atomic mass is 32.1. The minimum Gasteiger partial charge on any atom is -0.356 e. The van der Waals surface area contributed by atoms with E-state index in [1.54, 1.807) is 11.3 Å². The Balaban J connectivity index is 1.78. The van der Waals surface area contributed by atoms with Crippen LogP contribution in [0.5, 0.6) is 0 Å². The van der Waals surface area contributed by atoms with Gasteiger partial charge in [0.25, 0.3) is 0 Å². The number of hydrogen-bond donors (Lipinski definition) is 2. The number of aliphatic imine (C=N–C) groups is 1. The zero-order valence-corrected chi connectivity index (χ0v) is 15.6. The molecule has 0 saturated carbocycles. The first-order valence-corrected chi connectivity index (χ1v) is 9.24. The van der Waals surface area contributed by atoms with Crippen molar-refractivity contribution in [2.24, 2.45) is 4.99 Å². The topological polar surface area (TPSA) is 39.7 Å². The Morgan fingerprint density at radius 3 is 2.54 bits per heavy atom. The molecule has 0 spiro atoms. The van der Waals surface area contributed by atoms with Gasteiger partial charge in [0.1, 0.15) is 0 Å². The Bertz CT molecular complexity index is 593. The summed E-state index contributed by atoms with van der Waals surface area (Å²) in [5, 5.41) is 8.96. The lowest BCUT2D eigenvalue weighted by molar-refractivity contribution is 0.290. The fourth-order valence-electron chi connectivity index (χ4n) is 2.52. The van der Waals surface area contributed by atoms with Gasteiger partial charge in [0.2, 0.25) is 0 Å². The molecule has 2 rings (SSSR count). The molecule has 2 N–H and O–H groups in total. The predicted octanol–water partition coefficient (Wildman–Crippen LogP) is 2.63. The molecule has 5 heteroatoms. The molecule has 24 heavy (non-hydrogen) atoms. The van der Waals surface area contributed by atoms with Gasteiger partial charge in [0, 0.05) is 31.1 Å². The van der Waals surface area contributed by atoms with Crippen LogP contribution in [0.25, 0.3) is 0 Å². The number of thiophene rings is 1. The summed E-state index contributed by atoms with van der Waals surface area (Å²) in [5.74, 6) is 0.867. The highest BCUT2D eigenvalue weighted by Crippen LogP contribution is 2.08. The van der Waals surface area contributed by atoms with Crippen molar-refractivity contribution in [1.82, 2.24) is 15.5 Å². The number of hydrogen-bond acceptors (Lipinski definition) is 3. The van der Waals surface area contributed by atoms with Crippen LogP contribution in [0.15, 0.2) is 52.8 Å². The molecule has 0 aliphatic rings. The van der Waals surface area contributed by atoms with Gasteiger partial charge >= 0.3 is 0 Å². The van der Waals surface area contributed by atoms with E-state index >= 15 is 0 Å². The maximum atomic E-state index is 4.32. The van der Waals surface area contributed by atoms with Crippen LogP contribution in [0.1, 0.15) is 10.4 Å². The number of benzene rings is 1. The second kappa shape index (κ2) is 10.1. The standard InChI is InChI=1S/C19H28N4S/c1-20-19(21-12-11-18-10-7-13-24-18)22-15-17(23(2)3)14-16-8-5-4-6-9-16/h4-10,13,17H,11-12,14-15H2,1-3H3,(H2,20,21,22). The summed E-state index contributed by atoms with van der Waals surface area (Å²) in [6.45, 7) is 1.76. The van der Waals surface area contributed by atoms with E-state index in [4.69, 9.17) is 0 Å². The van der Waals surface area contributed by atoms with Crippen molar-refractivity contribution in [3.8, 4) is 0 Å². The molecule has 0 aliphatic carbocycles. The first-order valence-electron chi connectivity index (χ1n) is 8.36. The maximum Gasteiger partial charge on any atom is 0.191 e. The van der Waals surface area contributed by atoms with Gasteiger partial charge in [0.05, 0.1) is 0 Å². The molecule has 0 amide bonds. The van der Waals surface area contributed by atoms with Gasteiger partial charge in [-0.3, -0.25) is 4.99 Å². The lowest BCUT2D eigenvalue weighted by Gasteiger charge is -2.25. The van der Waals surface area contributed by atoms with Crippen LogP contribution in [0.2, 0.25) is 0 Å². The molecular weight excluding hydrogens is 316 g/mol. The van der Waals surface area contributed by atoms with Gasteiger partial charge in [0.15, 0.2) is 5.96 Å². The van der Waals surface area contributed by atoms with Crippen molar-refractivity contribution in [3.63, 3.8) is 0 Å². The first kappa shape index (κ1) is 18.5. The van der Waals surface area contributed by atoms with Crippen molar-refractivity contribution in [1.29, 1.82) is 0 Å². The molecule has 2 aromatic rings. The highest BCUT2D eigenvalue weighted by molar-refractivity contribution is 7.09. The van der Waals surface area contributed by atoms with Crippen LogP contribution in [0, 0.1) is 0 Å².